The molecule has 0 N–H and O–H groups in total. The Labute approximate surface area is 160 Å². The number of hydrogen-bond donors (Lipinski definition) is 0. The molecule has 1 aliphatic rings. The molecule has 27 heavy (non-hydrogen) atoms. The Morgan fingerprint density at radius 2 is 2.00 bits per heavy atom. The van der Waals surface area contributed by atoms with Crippen LogP contribution in [0.2, 0.25) is 0 Å². The van der Waals surface area contributed by atoms with Crippen LogP contribution in [0.25, 0.3) is 11.0 Å². The number of carbonyl (C=O) groups excluding carboxylic acids is 1. The summed E-state index contributed by atoms with van der Waals surface area (Å²) < 4.78 is 2.22. The normalized spacial score (nSPS) is 17.1. The number of allylic oxidation sites excluding steroid dienone is 1. The first-order valence-corrected chi connectivity index (χ1v) is 9.41. The predicted octanol–water partition coefficient (Wildman–Crippen LogP) is 4.75. The minimum Gasteiger partial charge on any atom is -0.324 e. The molecule has 0 aliphatic carbocycles. The van der Waals surface area contributed by atoms with Crippen molar-refractivity contribution in [2.24, 2.45) is 0 Å². The fraction of sp³-hybridized carbons (Fsp3) is 0.304. The van der Waals surface area contributed by atoms with Crippen LogP contribution in [-0.4, -0.2) is 22.0 Å². The highest BCUT2D eigenvalue weighted by molar-refractivity contribution is 5.97. The number of para-hydroxylation sites is 2. The van der Waals surface area contributed by atoms with Crippen molar-refractivity contribution in [3.63, 3.8) is 0 Å². The van der Waals surface area contributed by atoms with Crippen molar-refractivity contribution in [3.05, 3.63) is 71.6 Å². The summed E-state index contributed by atoms with van der Waals surface area (Å²) in [5, 5.41) is 0. The van der Waals surface area contributed by atoms with E-state index in [9.17, 15) is 4.79 Å². The maximum Gasteiger partial charge on any atom is 0.227 e. The molecular weight excluding hydrogens is 334 g/mol. The van der Waals surface area contributed by atoms with E-state index in [-0.39, 0.29) is 11.8 Å². The molecule has 4 nitrogen and oxygen atoms in total. The Morgan fingerprint density at radius 3 is 2.74 bits per heavy atom. The van der Waals surface area contributed by atoms with Crippen LogP contribution >= 0.6 is 0 Å². The van der Waals surface area contributed by atoms with E-state index < -0.39 is 0 Å². The second-order valence-electron chi connectivity index (χ2n) is 7.70. The van der Waals surface area contributed by atoms with E-state index in [4.69, 9.17) is 4.98 Å². The lowest BCUT2D eigenvalue weighted by Crippen LogP contribution is -2.25. The van der Waals surface area contributed by atoms with E-state index in [0.29, 0.717) is 13.0 Å². The second-order valence-corrected chi connectivity index (χ2v) is 7.70. The van der Waals surface area contributed by atoms with E-state index >= 15 is 0 Å². The minimum atomic E-state index is 0.0879. The molecule has 2 heterocycles. The van der Waals surface area contributed by atoms with Crippen LogP contribution in [0.3, 0.4) is 0 Å². The summed E-state index contributed by atoms with van der Waals surface area (Å²) in [5.41, 5.74) is 6.52. The van der Waals surface area contributed by atoms with Crippen molar-refractivity contribution in [2.45, 2.75) is 39.7 Å². The van der Waals surface area contributed by atoms with Gasteiger partial charge >= 0.3 is 0 Å². The Bertz CT molecular complexity index is 1050. The van der Waals surface area contributed by atoms with Crippen molar-refractivity contribution in [1.82, 2.24) is 9.55 Å². The summed E-state index contributed by atoms with van der Waals surface area (Å²) in [5.74, 6) is 1.24. The number of aromatic nitrogens is 2. The molecule has 0 bridgehead atoms. The minimum absolute atomic E-state index is 0.0879. The van der Waals surface area contributed by atoms with Gasteiger partial charge in [0.05, 0.1) is 11.0 Å². The van der Waals surface area contributed by atoms with Crippen LogP contribution in [0.5, 0.6) is 0 Å². The number of fused-ring (bicyclic) bond motifs is 1. The fourth-order valence-electron chi connectivity index (χ4n) is 4.06. The molecule has 1 aromatic heterocycles. The SMILES string of the molecule is C=C(C)Cn1c([C@H]2CC(=O)N(c3ccc(C)cc3C)C2)nc2ccccc21. The molecular formula is C23H25N3O. The van der Waals surface area contributed by atoms with E-state index in [1.54, 1.807) is 0 Å². The molecule has 0 radical (unpaired) electrons. The summed E-state index contributed by atoms with van der Waals surface area (Å²) in [6.07, 6.45) is 0.493. The molecule has 3 aromatic rings. The Balaban J connectivity index is 1.72. The van der Waals surface area contributed by atoms with E-state index in [1.807, 2.05) is 30.0 Å². The van der Waals surface area contributed by atoms with Crippen LogP contribution < -0.4 is 4.90 Å². The molecule has 0 spiro atoms. The molecule has 0 unspecified atom stereocenters. The quantitative estimate of drug-likeness (QED) is 0.631. The summed E-state index contributed by atoms with van der Waals surface area (Å²) in [7, 11) is 0. The molecule has 1 aliphatic heterocycles. The standard InChI is InChI=1S/C23H25N3O/c1-15(2)13-26-21-8-6-5-7-19(21)24-23(26)18-12-22(27)25(14-18)20-10-9-16(3)11-17(20)4/h5-11,18H,1,12-14H2,2-4H3/t18-/m0/s1. The number of rotatable bonds is 4. The zero-order chi connectivity index (χ0) is 19.1. The smallest absolute Gasteiger partial charge is 0.227 e. The highest BCUT2D eigenvalue weighted by Gasteiger charge is 2.35. The van der Waals surface area contributed by atoms with Crippen molar-refractivity contribution in [2.75, 3.05) is 11.4 Å². The van der Waals surface area contributed by atoms with Crippen LogP contribution in [0, 0.1) is 13.8 Å². The molecule has 4 heteroatoms. The predicted molar refractivity (Wildman–Crippen MR) is 110 cm³/mol. The number of carbonyl (C=O) groups is 1. The lowest BCUT2D eigenvalue weighted by molar-refractivity contribution is -0.117. The zero-order valence-electron chi connectivity index (χ0n) is 16.2. The van der Waals surface area contributed by atoms with Gasteiger partial charge in [-0.15, -0.1) is 0 Å². The molecule has 1 amide bonds. The third kappa shape index (κ3) is 3.16. The van der Waals surface area contributed by atoms with Gasteiger partial charge in [-0.2, -0.15) is 0 Å². The Morgan fingerprint density at radius 1 is 1.22 bits per heavy atom. The molecule has 4 rings (SSSR count). The molecule has 138 valence electrons. The first-order valence-electron chi connectivity index (χ1n) is 9.41. The molecule has 1 fully saturated rings. The van der Waals surface area contributed by atoms with Crippen molar-refractivity contribution in [1.29, 1.82) is 0 Å². The number of hydrogen-bond acceptors (Lipinski definition) is 2. The van der Waals surface area contributed by atoms with Gasteiger partial charge < -0.3 is 9.47 Å². The summed E-state index contributed by atoms with van der Waals surface area (Å²) in [6.45, 7) is 11.6. The van der Waals surface area contributed by atoms with Crippen molar-refractivity contribution in [3.8, 4) is 0 Å². The number of anilines is 1. The van der Waals surface area contributed by atoms with Gasteiger partial charge in [0.25, 0.3) is 0 Å². The van der Waals surface area contributed by atoms with Crippen LogP contribution in [0.15, 0.2) is 54.6 Å². The highest BCUT2D eigenvalue weighted by Crippen LogP contribution is 2.34. The topological polar surface area (TPSA) is 38.1 Å². The van der Waals surface area contributed by atoms with Crippen LogP contribution in [-0.2, 0) is 11.3 Å². The van der Waals surface area contributed by atoms with Gasteiger partial charge in [0, 0.05) is 31.1 Å². The van der Waals surface area contributed by atoms with Gasteiger partial charge in [-0.1, -0.05) is 42.0 Å². The molecule has 2 aromatic carbocycles. The number of nitrogens with zero attached hydrogens (tertiary/aromatic N) is 3. The van der Waals surface area contributed by atoms with Crippen molar-refractivity contribution < 1.29 is 4.79 Å². The van der Waals surface area contributed by atoms with Gasteiger partial charge in [-0.05, 0) is 44.5 Å². The molecule has 0 saturated carbocycles. The van der Waals surface area contributed by atoms with Crippen LogP contribution in [0.4, 0.5) is 5.69 Å². The first kappa shape index (κ1) is 17.5. The Hall–Kier alpha value is -2.88. The zero-order valence-corrected chi connectivity index (χ0v) is 16.2. The summed E-state index contributed by atoms with van der Waals surface area (Å²) >= 11 is 0. The highest BCUT2D eigenvalue weighted by atomic mass is 16.2. The maximum atomic E-state index is 12.8. The first-order chi connectivity index (χ1) is 12.9. The number of amides is 1. The van der Waals surface area contributed by atoms with Gasteiger partial charge in [-0.3, -0.25) is 4.79 Å². The number of benzene rings is 2. The van der Waals surface area contributed by atoms with E-state index in [1.165, 1.54) is 5.56 Å². The van der Waals surface area contributed by atoms with Crippen molar-refractivity contribution >= 4 is 22.6 Å². The average molecular weight is 359 g/mol. The number of aryl methyl sites for hydroxylation is 2. The Kier molecular flexibility index (Phi) is 4.34. The lowest BCUT2D eigenvalue weighted by atomic mass is 10.1. The summed E-state index contributed by atoms with van der Waals surface area (Å²) in [4.78, 5) is 19.6. The third-order valence-corrected chi connectivity index (χ3v) is 5.25. The number of imidazole rings is 1. The van der Waals surface area contributed by atoms with Gasteiger partial charge in [0.15, 0.2) is 0 Å². The molecule has 1 atom stereocenters. The average Bonchev–Trinajstić information content (AvgIpc) is 3.16. The lowest BCUT2D eigenvalue weighted by Gasteiger charge is -2.20. The third-order valence-electron chi connectivity index (χ3n) is 5.25. The molecule has 1 saturated heterocycles. The maximum absolute atomic E-state index is 12.8. The summed E-state index contributed by atoms with van der Waals surface area (Å²) in [6, 6.07) is 14.4. The largest absolute Gasteiger partial charge is 0.324 e. The van der Waals surface area contributed by atoms with E-state index in [2.05, 4.69) is 49.3 Å². The van der Waals surface area contributed by atoms with Gasteiger partial charge in [-0.25, -0.2) is 4.98 Å². The van der Waals surface area contributed by atoms with Gasteiger partial charge in [0.1, 0.15) is 5.82 Å². The fourth-order valence-corrected chi connectivity index (χ4v) is 4.06. The van der Waals surface area contributed by atoms with Crippen LogP contribution in [0.1, 0.15) is 36.2 Å². The van der Waals surface area contributed by atoms with E-state index in [0.717, 1.165) is 40.2 Å². The second kappa shape index (κ2) is 6.69. The van der Waals surface area contributed by atoms with Gasteiger partial charge in [0.2, 0.25) is 5.91 Å². The monoisotopic (exact) mass is 359 g/mol.